The predicted molar refractivity (Wildman–Crippen MR) is 145 cm³/mol. The van der Waals surface area contributed by atoms with Crippen molar-refractivity contribution in [1.29, 1.82) is 0 Å². The summed E-state index contributed by atoms with van der Waals surface area (Å²) in [6.45, 7) is 9.60. The summed E-state index contributed by atoms with van der Waals surface area (Å²) < 4.78 is 17.2. The number of halogens is 1. The number of fused-ring (bicyclic) bond motifs is 1. The van der Waals surface area contributed by atoms with Crippen LogP contribution >= 0.6 is 15.9 Å². The molecule has 3 aliphatic rings. The molecule has 0 aliphatic carbocycles. The topological polar surface area (TPSA) is 106 Å². The number of hydrogen-bond acceptors (Lipinski definition) is 7. The Bertz CT molecular complexity index is 1060. The molecule has 1 unspecified atom stereocenters. The lowest BCUT2D eigenvalue weighted by atomic mass is 9.70. The Morgan fingerprint density at radius 3 is 2.58 bits per heavy atom. The first-order valence-corrected chi connectivity index (χ1v) is 14.0. The minimum Gasteiger partial charge on any atom is -0.497 e. The molecule has 1 aromatic carbocycles. The molecule has 2 amide bonds. The first-order valence-electron chi connectivity index (χ1n) is 13.1. The summed E-state index contributed by atoms with van der Waals surface area (Å²) in [5.74, 6) is -2.12. The molecule has 3 aliphatic heterocycles. The predicted octanol–water partition coefficient (Wildman–Crippen LogP) is 2.93. The van der Waals surface area contributed by atoms with Crippen LogP contribution in [0.5, 0.6) is 5.75 Å². The molecule has 4 rings (SSSR count). The maximum atomic E-state index is 14.5. The number of nitrogens with zero attached hydrogens (tertiary/aromatic N) is 2. The van der Waals surface area contributed by atoms with Crippen LogP contribution in [-0.2, 0) is 23.9 Å². The number of carbonyl (C=O) groups excluding carboxylic acids is 3. The highest BCUT2D eigenvalue weighted by Crippen LogP contribution is 2.61. The number of aliphatic hydroxyl groups is 1. The van der Waals surface area contributed by atoms with Gasteiger partial charge in [0.25, 0.3) is 5.91 Å². The summed E-state index contributed by atoms with van der Waals surface area (Å²) in [7, 11) is 1.57. The van der Waals surface area contributed by atoms with Crippen LogP contribution in [0.15, 0.2) is 36.9 Å². The number of anilines is 1. The standard InChI is InChI=1S/C28H37BrN2O7/c1-6-12-30(17-8-10-19(36-5)11-9-17)26(34)24-28-14-20(29)23(38-28)21(27(35)37-7-2)22(28)25(33)31(24)18(15-32)13-16(3)4/h6,8-11,16,18,20-24,32H,1,7,12-15H2,2-5H3/t18-,20?,21+,22-,23+,24+,28-/m1/s1. The van der Waals surface area contributed by atoms with Crippen molar-refractivity contribution in [2.75, 3.05) is 31.8 Å². The van der Waals surface area contributed by atoms with E-state index in [1.807, 2.05) is 13.8 Å². The zero-order valence-electron chi connectivity index (χ0n) is 22.3. The third kappa shape index (κ3) is 4.64. The molecule has 3 saturated heterocycles. The van der Waals surface area contributed by atoms with E-state index in [4.69, 9.17) is 14.2 Å². The molecule has 0 radical (unpaired) electrons. The fourth-order valence-corrected chi connectivity index (χ4v) is 7.37. The Morgan fingerprint density at radius 2 is 2.03 bits per heavy atom. The maximum absolute atomic E-state index is 14.5. The zero-order chi connectivity index (χ0) is 27.8. The lowest BCUT2D eigenvalue weighted by Gasteiger charge is -2.39. The van der Waals surface area contributed by atoms with Crippen LogP contribution in [0.4, 0.5) is 5.69 Å². The van der Waals surface area contributed by atoms with E-state index in [1.165, 1.54) is 4.90 Å². The third-order valence-corrected chi connectivity index (χ3v) is 8.67. The van der Waals surface area contributed by atoms with Crippen LogP contribution in [0.2, 0.25) is 0 Å². The van der Waals surface area contributed by atoms with E-state index < -0.39 is 41.6 Å². The average molecular weight is 594 g/mol. The molecule has 1 N–H and O–H groups in total. The van der Waals surface area contributed by atoms with Crippen molar-refractivity contribution in [2.45, 2.75) is 62.2 Å². The monoisotopic (exact) mass is 592 g/mol. The number of methoxy groups -OCH3 is 1. The van der Waals surface area contributed by atoms with E-state index >= 15 is 0 Å². The minimum absolute atomic E-state index is 0.154. The second-order valence-electron chi connectivity index (χ2n) is 10.6. The van der Waals surface area contributed by atoms with E-state index in [9.17, 15) is 19.5 Å². The lowest BCUT2D eigenvalue weighted by Crippen LogP contribution is -2.59. The van der Waals surface area contributed by atoms with Gasteiger partial charge in [-0.25, -0.2) is 0 Å². The molecule has 208 valence electrons. The molecule has 1 aromatic rings. The van der Waals surface area contributed by atoms with Gasteiger partial charge in [0, 0.05) is 17.1 Å². The van der Waals surface area contributed by atoms with Gasteiger partial charge in [0.2, 0.25) is 5.91 Å². The van der Waals surface area contributed by atoms with E-state index in [-0.39, 0.29) is 42.3 Å². The fourth-order valence-electron chi connectivity index (χ4n) is 6.43. The second kappa shape index (κ2) is 11.4. The highest BCUT2D eigenvalue weighted by Gasteiger charge is 2.77. The Labute approximate surface area is 232 Å². The first-order chi connectivity index (χ1) is 18.1. The number of hydrogen-bond donors (Lipinski definition) is 1. The molecule has 7 atom stereocenters. The molecule has 2 bridgehead atoms. The van der Waals surface area contributed by atoms with Crippen LogP contribution < -0.4 is 9.64 Å². The van der Waals surface area contributed by atoms with Gasteiger partial charge in [-0.2, -0.15) is 0 Å². The highest BCUT2D eigenvalue weighted by atomic mass is 79.9. The van der Waals surface area contributed by atoms with Crippen molar-refractivity contribution < 1.29 is 33.7 Å². The quantitative estimate of drug-likeness (QED) is 0.239. The molecule has 0 aromatic heterocycles. The van der Waals surface area contributed by atoms with Gasteiger partial charge >= 0.3 is 5.97 Å². The largest absolute Gasteiger partial charge is 0.497 e. The molecule has 0 saturated carbocycles. The highest BCUT2D eigenvalue weighted by molar-refractivity contribution is 9.09. The van der Waals surface area contributed by atoms with Crippen LogP contribution in [-0.4, -0.2) is 83.3 Å². The summed E-state index contributed by atoms with van der Waals surface area (Å²) in [6.07, 6.45) is 1.90. The molecule has 1 spiro atoms. The molecule has 38 heavy (non-hydrogen) atoms. The average Bonchev–Trinajstić information content (AvgIpc) is 3.49. The summed E-state index contributed by atoms with van der Waals surface area (Å²) in [4.78, 5) is 44.7. The minimum atomic E-state index is -1.24. The Kier molecular flexibility index (Phi) is 8.54. The van der Waals surface area contributed by atoms with Gasteiger partial charge in [-0.3, -0.25) is 14.4 Å². The van der Waals surface area contributed by atoms with Crippen LogP contribution in [0.25, 0.3) is 0 Å². The summed E-state index contributed by atoms with van der Waals surface area (Å²) in [5, 5.41) is 10.4. The van der Waals surface area contributed by atoms with Gasteiger partial charge in [0.1, 0.15) is 17.4 Å². The normalized spacial score (nSPS) is 30.3. The summed E-state index contributed by atoms with van der Waals surface area (Å²) in [5.41, 5.74) is -0.627. The van der Waals surface area contributed by atoms with Crippen molar-refractivity contribution in [1.82, 2.24) is 4.90 Å². The lowest BCUT2D eigenvalue weighted by molar-refractivity contribution is -0.155. The second-order valence-corrected chi connectivity index (χ2v) is 11.7. The van der Waals surface area contributed by atoms with Crippen molar-refractivity contribution in [3.63, 3.8) is 0 Å². The maximum Gasteiger partial charge on any atom is 0.312 e. The molecule has 3 heterocycles. The van der Waals surface area contributed by atoms with E-state index in [2.05, 4.69) is 22.5 Å². The number of amides is 2. The number of ether oxygens (including phenoxy) is 3. The molecular formula is C28H37BrN2O7. The number of rotatable bonds is 11. The molecule has 9 nitrogen and oxygen atoms in total. The number of alkyl halides is 1. The number of carbonyl (C=O) groups is 3. The Hall–Kier alpha value is -2.43. The number of aliphatic hydroxyl groups excluding tert-OH is 1. The first kappa shape index (κ1) is 28.6. The summed E-state index contributed by atoms with van der Waals surface area (Å²) in [6, 6.07) is 5.41. The van der Waals surface area contributed by atoms with Gasteiger partial charge in [0.05, 0.1) is 44.3 Å². The van der Waals surface area contributed by atoms with Gasteiger partial charge < -0.3 is 29.1 Å². The number of likely N-dealkylation sites (tertiary alicyclic amines) is 1. The molecular weight excluding hydrogens is 556 g/mol. The zero-order valence-corrected chi connectivity index (χ0v) is 23.9. The van der Waals surface area contributed by atoms with E-state index in [0.29, 0.717) is 24.3 Å². The third-order valence-electron chi connectivity index (χ3n) is 7.83. The SMILES string of the molecule is C=CCN(C(=O)[C@@H]1N([C@@H](CO)CC(C)C)C(=O)[C@H]2[C@H](C(=O)OCC)[C@H]3O[C@@]12CC3Br)c1ccc(OC)cc1. The summed E-state index contributed by atoms with van der Waals surface area (Å²) >= 11 is 3.66. The smallest absolute Gasteiger partial charge is 0.312 e. The number of esters is 1. The van der Waals surface area contributed by atoms with E-state index in [1.54, 1.807) is 49.3 Å². The Balaban J connectivity index is 1.83. The van der Waals surface area contributed by atoms with Crippen LogP contribution in [0, 0.1) is 17.8 Å². The van der Waals surface area contributed by atoms with Crippen molar-refractivity contribution in [3.05, 3.63) is 36.9 Å². The van der Waals surface area contributed by atoms with Gasteiger partial charge in [0.15, 0.2) is 0 Å². The fraction of sp³-hybridized carbons (Fsp3) is 0.607. The van der Waals surface area contributed by atoms with Crippen molar-refractivity contribution >= 4 is 39.4 Å². The van der Waals surface area contributed by atoms with Gasteiger partial charge in [-0.1, -0.05) is 35.9 Å². The van der Waals surface area contributed by atoms with Crippen molar-refractivity contribution in [3.8, 4) is 5.75 Å². The van der Waals surface area contributed by atoms with Crippen molar-refractivity contribution in [2.24, 2.45) is 17.8 Å². The van der Waals surface area contributed by atoms with Crippen LogP contribution in [0.3, 0.4) is 0 Å². The van der Waals surface area contributed by atoms with Gasteiger partial charge in [-0.05, 0) is 49.9 Å². The molecule has 3 fully saturated rings. The number of benzene rings is 1. The van der Waals surface area contributed by atoms with E-state index in [0.717, 1.165) is 0 Å². The van der Waals surface area contributed by atoms with Crippen LogP contribution in [0.1, 0.15) is 33.6 Å². The van der Waals surface area contributed by atoms with Gasteiger partial charge in [-0.15, -0.1) is 6.58 Å². The molecule has 10 heteroatoms. The Morgan fingerprint density at radius 1 is 1.34 bits per heavy atom.